The third kappa shape index (κ3) is 4.41. The quantitative estimate of drug-likeness (QED) is 0.845. The van der Waals surface area contributed by atoms with E-state index in [1.807, 2.05) is 23.9 Å². The first-order valence-electron chi connectivity index (χ1n) is 9.64. The standard InChI is InChI=1S/C18H31N7O/c1-13(16-20-17(19)22-18(21-16)23(2)3)24-8-10-25(11-9-24)15(26)12-14-6-4-5-7-14/h13-14H,4-12H2,1-3H3,(H2,19,20,21,22). The van der Waals surface area contributed by atoms with Crippen LogP contribution in [0, 0.1) is 5.92 Å². The molecular weight excluding hydrogens is 330 g/mol. The summed E-state index contributed by atoms with van der Waals surface area (Å²) in [4.78, 5) is 31.7. The number of amides is 1. The average Bonchev–Trinajstić information content (AvgIpc) is 3.13. The smallest absolute Gasteiger partial charge is 0.229 e. The van der Waals surface area contributed by atoms with Crippen LogP contribution in [0.1, 0.15) is 50.9 Å². The van der Waals surface area contributed by atoms with Gasteiger partial charge in [0.15, 0.2) is 5.82 Å². The van der Waals surface area contributed by atoms with E-state index in [-0.39, 0.29) is 12.0 Å². The van der Waals surface area contributed by atoms with Crippen LogP contribution in [0.4, 0.5) is 11.9 Å². The number of carbonyl (C=O) groups is 1. The van der Waals surface area contributed by atoms with Gasteiger partial charge in [-0.05, 0) is 25.7 Å². The van der Waals surface area contributed by atoms with Crippen molar-refractivity contribution in [2.75, 3.05) is 50.9 Å². The molecule has 1 aromatic rings. The third-order valence-electron chi connectivity index (χ3n) is 5.58. The van der Waals surface area contributed by atoms with Gasteiger partial charge in [0.25, 0.3) is 0 Å². The maximum absolute atomic E-state index is 12.5. The lowest BCUT2D eigenvalue weighted by Crippen LogP contribution is -2.49. The van der Waals surface area contributed by atoms with Crippen LogP contribution >= 0.6 is 0 Å². The van der Waals surface area contributed by atoms with Crippen LogP contribution in [-0.4, -0.2) is 70.9 Å². The first kappa shape index (κ1) is 18.8. The van der Waals surface area contributed by atoms with Crippen molar-refractivity contribution in [2.24, 2.45) is 5.92 Å². The summed E-state index contributed by atoms with van der Waals surface area (Å²) in [5, 5.41) is 0. The normalized spacial score (nSPS) is 20.3. The maximum atomic E-state index is 12.5. The van der Waals surface area contributed by atoms with Crippen LogP contribution in [0.15, 0.2) is 0 Å². The van der Waals surface area contributed by atoms with E-state index in [2.05, 4.69) is 26.8 Å². The second-order valence-electron chi connectivity index (χ2n) is 7.69. The van der Waals surface area contributed by atoms with Crippen LogP contribution < -0.4 is 10.6 Å². The molecule has 2 heterocycles. The van der Waals surface area contributed by atoms with Gasteiger partial charge < -0.3 is 15.5 Å². The van der Waals surface area contributed by atoms with Gasteiger partial charge in [-0.2, -0.15) is 15.0 Å². The number of nitrogen functional groups attached to an aromatic ring is 1. The third-order valence-corrected chi connectivity index (χ3v) is 5.58. The summed E-state index contributed by atoms with van der Waals surface area (Å²) in [6.07, 6.45) is 5.74. The van der Waals surface area contributed by atoms with Crippen molar-refractivity contribution in [2.45, 2.75) is 45.1 Å². The Kier molecular flexibility index (Phi) is 5.90. The predicted octanol–water partition coefficient (Wildman–Crippen LogP) is 1.31. The first-order valence-corrected chi connectivity index (χ1v) is 9.64. The number of piperazine rings is 1. The van der Waals surface area contributed by atoms with Gasteiger partial charge in [-0.3, -0.25) is 9.69 Å². The number of rotatable bonds is 5. The number of anilines is 2. The summed E-state index contributed by atoms with van der Waals surface area (Å²) < 4.78 is 0. The first-order chi connectivity index (χ1) is 12.4. The van der Waals surface area contributed by atoms with E-state index >= 15 is 0 Å². The molecule has 1 unspecified atom stereocenters. The number of aromatic nitrogens is 3. The van der Waals surface area contributed by atoms with Crippen LogP contribution in [0.3, 0.4) is 0 Å². The molecule has 8 heteroatoms. The zero-order chi connectivity index (χ0) is 18.7. The summed E-state index contributed by atoms with van der Waals surface area (Å²) >= 11 is 0. The molecule has 1 aliphatic carbocycles. The van der Waals surface area contributed by atoms with Crippen molar-refractivity contribution in [1.29, 1.82) is 0 Å². The number of nitrogens with zero attached hydrogens (tertiary/aromatic N) is 6. The lowest BCUT2D eigenvalue weighted by molar-refractivity contribution is -0.134. The highest BCUT2D eigenvalue weighted by molar-refractivity contribution is 5.76. The fourth-order valence-corrected chi connectivity index (χ4v) is 3.90. The van der Waals surface area contributed by atoms with E-state index in [0.717, 1.165) is 32.6 Å². The molecule has 0 bridgehead atoms. The van der Waals surface area contributed by atoms with Crippen LogP contribution in [0.2, 0.25) is 0 Å². The van der Waals surface area contributed by atoms with Gasteiger partial charge >= 0.3 is 0 Å². The van der Waals surface area contributed by atoms with Gasteiger partial charge in [0.1, 0.15) is 0 Å². The van der Waals surface area contributed by atoms with Crippen molar-refractivity contribution in [1.82, 2.24) is 24.8 Å². The van der Waals surface area contributed by atoms with Crippen molar-refractivity contribution < 1.29 is 4.79 Å². The highest BCUT2D eigenvalue weighted by Crippen LogP contribution is 2.28. The van der Waals surface area contributed by atoms with E-state index in [9.17, 15) is 4.79 Å². The van der Waals surface area contributed by atoms with Crippen LogP contribution in [0.25, 0.3) is 0 Å². The second-order valence-corrected chi connectivity index (χ2v) is 7.69. The molecule has 0 spiro atoms. The topological polar surface area (TPSA) is 91.5 Å². The summed E-state index contributed by atoms with van der Waals surface area (Å²) in [5.41, 5.74) is 5.84. The SMILES string of the molecule is CC(c1nc(N)nc(N(C)C)n1)N1CCN(C(=O)CC2CCCC2)CC1. The van der Waals surface area contributed by atoms with Crippen molar-refractivity contribution in [3.8, 4) is 0 Å². The van der Waals surface area contributed by atoms with E-state index in [1.165, 1.54) is 25.7 Å². The fraction of sp³-hybridized carbons (Fsp3) is 0.778. The van der Waals surface area contributed by atoms with Gasteiger partial charge in [0.2, 0.25) is 17.8 Å². The van der Waals surface area contributed by atoms with Gasteiger partial charge in [0, 0.05) is 46.7 Å². The molecule has 144 valence electrons. The molecule has 2 N–H and O–H groups in total. The van der Waals surface area contributed by atoms with Crippen molar-refractivity contribution >= 4 is 17.8 Å². The highest BCUT2D eigenvalue weighted by atomic mass is 16.2. The summed E-state index contributed by atoms with van der Waals surface area (Å²) in [6.45, 7) is 5.30. The minimum absolute atomic E-state index is 0.0473. The maximum Gasteiger partial charge on any atom is 0.229 e. The minimum Gasteiger partial charge on any atom is -0.368 e. The van der Waals surface area contributed by atoms with Gasteiger partial charge in [-0.15, -0.1) is 0 Å². The number of hydrogen-bond donors (Lipinski definition) is 1. The van der Waals surface area contributed by atoms with Gasteiger partial charge in [0.05, 0.1) is 6.04 Å². The molecular formula is C18H31N7O. The summed E-state index contributed by atoms with van der Waals surface area (Å²) in [7, 11) is 3.77. The van der Waals surface area contributed by atoms with E-state index in [0.29, 0.717) is 23.6 Å². The second kappa shape index (κ2) is 8.16. The minimum atomic E-state index is 0.0473. The van der Waals surface area contributed by atoms with Crippen molar-refractivity contribution in [3.63, 3.8) is 0 Å². The molecule has 2 fully saturated rings. The lowest BCUT2D eigenvalue weighted by Gasteiger charge is -2.37. The number of nitrogens with two attached hydrogens (primary N) is 1. The lowest BCUT2D eigenvalue weighted by atomic mass is 10.0. The molecule has 1 saturated carbocycles. The number of carbonyl (C=O) groups excluding carboxylic acids is 1. The Balaban J connectivity index is 1.56. The Bertz CT molecular complexity index is 622. The van der Waals surface area contributed by atoms with E-state index in [1.54, 1.807) is 0 Å². The van der Waals surface area contributed by atoms with Crippen LogP contribution in [-0.2, 0) is 4.79 Å². The zero-order valence-corrected chi connectivity index (χ0v) is 16.2. The molecule has 1 atom stereocenters. The van der Waals surface area contributed by atoms with E-state index in [4.69, 9.17) is 5.73 Å². The predicted molar refractivity (Wildman–Crippen MR) is 102 cm³/mol. The molecule has 1 saturated heterocycles. The van der Waals surface area contributed by atoms with Crippen LogP contribution in [0.5, 0.6) is 0 Å². The summed E-state index contributed by atoms with van der Waals surface area (Å²) in [5.74, 6) is 2.44. The molecule has 8 nitrogen and oxygen atoms in total. The molecule has 0 radical (unpaired) electrons. The Labute approximate surface area is 155 Å². The Hall–Kier alpha value is -1.96. The monoisotopic (exact) mass is 361 g/mol. The Morgan fingerprint density at radius 3 is 2.42 bits per heavy atom. The molecule has 2 aliphatic rings. The zero-order valence-electron chi connectivity index (χ0n) is 16.2. The molecule has 3 rings (SSSR count). The molecule has 1 amide bonds. The largest absolute Gasteiger partial charge is 0.368 e. The molecule has 0 aromatic carbocycles. The Morgan fingerprint density at radius 2 is 1.81 bits per heavy atom. The molecule has 1 aromatic heterocycles. The van der Waals surface area contributed by atoms with Gasteiger partial charge in [-0.1, -0.05) is 12.8 Å². The van der Waals surface area contributed by atoms with Crippen molar-refractivity contribution in [3.05, 3.63) is 5.82 Å². The van der Waals surface area contributed by atoms with Gasteiger partial charge in [-0.25, -0.2) is 0 Å². The van der Waals surface area contributed by atoms with E-state index < -0.39 is 0 Å². The highest BCUT2D eigenvalue weighted by Gasteiger charge is 2.28. The molecule has 26 heavy (non-hydrogen) atoms. The summed E-state index contributed by atoms with van der Waals surface area (Å²) in [6, 6.07) is 0.0473. The Morgan fingerprint density at radius 1 is 1.15 bits per heavy atom. The number of hydrogen-bond acceptors (Lipinski definition) is 7. The average molecular weight is 361 g/mol. The molecule has 1 aliphatic heterocycles. The fourth-order valence-electron chi connectivity index (χ4n) is 3.90.